The summed E-state index contributed by atoms with van der Waals surface area (Å²) in [5, 5.41) is 13.0. The van der Waals surface area contributed by atoms with Crippen LogP contribution in [-0.2, 0) is 5.41 Å². The zero-order valence-corrected chi connectivity index (χ0v) is 14.9. The number of hydrogen-bond acceptors (Lipinski definition) is 2. The molecule has 26 heavy (non-hydrogen) atoms. The molecule has 0 unspecified atom stereocenters. The number of hydrogen-bond donors (Lipinski definition) is 2. The highest BCUT2D eigenvalue weighted by Gasteiger charge is 2.52. The van der Waals surface area contributed by atoms with E-state index in [1.165, 1.54) is 44.1 Å². The highest BCUT2D eigenvalue weighted by Crippen LogP contribution is 2.61. The zero-order chi connectivity index (χ0) is 17.7. The summed E-state index contributed by atoms with van der Waals surface area (Å²) < 4.78 is 0. The van der Waals surface area contributed by atoms with Gasteiger partial charge < -0.3 is 10.4 Å². The fourth-order valence-electron chi connectivity index (χ4n) is 6.42. The maximum atomic E-state index is 11.6. The van der Waals surface area contributed by atoms with Gasteiger partial charge in [0.1, 0.15) is 0 Å². The molecule has 0 heterocycles. The lowest BCUT2D eigenvalue weighted by Gasteiger charge is -2.57. The third kappa shape index (κ3) is 2.53. The number of carboxylic acids is 1. The maximum Gasteiger partial charge on any atom is 0.337 e. The van der Waals surface area contributed by atoms with Crippen molar-refractivity contribution in [2.75, 3.05) is 5.32 Å². The number of nitrogens with one attached hydrogen (secondary N) is 1. The van der Waals surface area contributed by atoms with Gasteiger partial charge in [0.2, 0.25) is 0 Å². The average Bonchev–Trinajstić information content (AvgIpc) is 2.61. The Hall–Kier alpha value is -2.29. The minimum Gasteiger partial charge on any atom is -0.478 e. The monoisotopic (exact) mass is 347 g/mol. The van der Waals surface area contributed by atoms with Crippen LogP contribution in [0.5, 0.6) is 0 Å². The van der Waals surface area contributed by atoms with Crippen LogP contribution in [0, 0.1) is 17.8 Å². The molecule has 0 aromatic heterocycles. The molecule has 134 valence electrons. The molecule has 0 aliphatic heterocycles. The molecule has 2 N–H and O–H groups in total. The van der Waals surface area contributed by atoms with Crippen molar-refractivity contribution in [3.63, 3.8) is 0 Å². The Labute approximate surface area is 154 Å². The molecule has 4 fully saturated rings. The van der Waals surface area contributed by atoms with Crippen LogP contribution in [0.2, 0.25) is 0 Å². The Morgan fingerprint density at radius 1 is 0.846 bits per heavy atom. The Bertz CT molecular complexity index is 822. The number of para-hydroxylation sites is 2. The first-order valence-corrected chi connectivity index (χ1v) is 9.82. The van der Waals surface area contributed by atoms with Gasteiger partial charge in [0, 0.05) is 5.69 Å². The molecule has 0 saturated heterocycles. The molecule has 2 aromatic rings. The fourth-order valence-corrected chi connectivity index (χ4v) is 6.42. The van der Waals surface area contributed by atoms with E-state index in [0.717, 1.165) is 23.4 Å². The van der Waals surface area contributed by atoms with Gasteiger partial charge >= 0.3 is 5.97 Å². The van der Waals surface area contributed by atoms with E-state index in [-0.39, 0.29) is 5.41 Å². The summed E-state index contributed by atoms with van der Waals surface area (Å²) in [6.45, 7) is 0. The van der Waals surface area contributed by atoms with E-state index >= 15 is 0 Å². The first kappa shape index (κ1) is 15.9. The summed E-state index contributed by atoms with van der Waals surface area (Å²) in [6, 6.07) is 15.8. The van der Waals surface area contributed by atoms with Gasteiger partial charge in [0.25, 0.3) is 0 Å². The second-order valence-corrected chi connectivity index (χ2v) is 8.72. The average molecular weight is 347 g/mol. The highest BCUT2D eigenvalue weighted by molar-refractivity contribution is 5.95. The van der Waals surface area contributed by atoms with E-state index in [0.29, 0.717) is 11.3 Å². The van der Waals surface area contributed by atoms with Gasteiger partial charge in [-0.15, -0.1) is 0 Å². The maximum absolute atomic E-state index is 11.6. The van der Waals surface area contributed by atoms with Crippen LogP contribution in [0.1, 0.15) is 54.4 Å². The summed E-state index contributed by atoms with van der Waals surface area (Å²) in [6.07, 6.45) is 8.19. The van der Waals surface area contributed by atoms with E-state index < -0.39 is 5.97 Å². The van der Waals surface area contributed by atoms with Gasteiger partial charge in [-0.05, 0) is 85.5 Å². The van der Waals surface area contributed by atoms with E-state index in [2.05, 4.69) is 29.6 Å². The molecule has 0 radical (unpaired) electrons. The molecule has 6 rings (SSSR count). The number of aromatic carboxylic acids is 1. The third-order valence-electron chi connectivity index (χ3n) is 6.96. The topological polar surface area (TPSA) is 49.3 Å². The number of benzene rings is 2. The molecule has 3 nitrogen and oxygen atoms in total. The van der Waals surface area contributed by atoms with Crippen molar-refractivity contribution >= 4 is 17.3 Å². The van der Waals surface area contributed by atoms with E-state index in [1.54, 1.807) is 12.1 Å². The van der Waals surface area contributed by atoms with Crippen LogP contribution in [-0.4, -0.2) is 11.1 Å². The largest absolute Gasteiger partial charge is 0.478 e. The van der Waals surface area contributed by atoms with Crippen molar-refractivity contribution < 1.29 is 9.90 Å². The van der Waals surface area contributed by atoms with Crippen LogP contribution in [0.3, 0.4) is 0 Å². The van der Waals surface area contributed by atoms with Gasteiger partial charge in [-0.25, -0.2) is 4.79 Å². The molecular formula is C23H25NO2. The Balaban J connectivity index is 1.54. The van der Waals surface area contributed by atoms with Gasteiger partial charge in [0.15, 0.2) is 0 Å². The lowest BCUT2D eigenvalue weighted by molar-refractivity contribution is -0.00484. The second kappa shape index (κ2) is 5.87. The van der Waals surface area contributed by atoms with Gasteiger partial charge in [0.05, 0.1) is 11.3 Å². The minimum atomic E-state index is -0.889. The third-order valence-corrected chi connectivity index (χ3v) is 6.96. The van der Waals surface area contributed by atoms with Crippen LogP contribution in [0.4, 0.5) is 11.4 Å². The molecule has 0 amide bonds. The number of carbonyl (C=O) groups is 1. The SMILES string of the molecule is O=C(O)c1ccccc1Nc1ccccc1C12CC3CC(CC(C3)C1)C2. The van der Waals surface area contributed by atoms with Crippen molar-refractivity contribution in [2.45, 2.75) is 43.9 Å². The number of anilines is 2. The van der Waals surface area contributed by atoms with E-state index in [9.17, 15) is 9.90 Å². The van der Waals surface area contributed by atoms with Crippen molar-refractivity contribution in [3.8, 4) is 0 Å². The van der Waals surface area contributed by atoms with E-state index in [1.807, 2.05) is 12.1 Å². The number of carboxylic acid groups (broad SMARTS) is 1. The van der Waals surface area contributed by atoms with Gasteiger partial charge in [-0.3, -0.25) is 0 Å². The van der Waals surface area contributed by atoms with E-state index in [4.69, 9.17) is 0 Å². The lowest BCUT2D eigenvalue weighted by atomic mass is 9.48. The first-order chi connectivity index (χ1) is 12.6. The van der Waals surface area contributed by atoms with Crippen LogP contribution in [0.15, 0.2) is 48.5 Å². The number of rotatable bonds is 4. The minimum absolute atomic E-state index is 0.288. The predicted octanol–water partition coefficient (Wildman–Crippen LogP) is 5.60. The first-order valence-electron chi connectivity index (χ1n) is 9.82. The molecule has 0 atom stereocenters. The zero-order valence-electron chi connectivity index (χ0n) is 14.9. The molecule has 4 bridgehead atoms. The van der Waals surface area contributed by atoms with Crippen molar-refractivity contribution in [1.82, 2.24) is 0 Å². The smallest absolute Gasteiger partial charge is 0.337 e. The predicted molar refractivity (Wildman–Crippen MR) is 103 cm³/mol. The van der Waals surface area contributed by atoms with Crippen LogP contribution < -0.4 is 5.32 Å². The summed E-state index contributed by atoms with van der Waals surface area (Å²) in [7, 11) is 0. The molecule has 4 aliphatic carbocycles. The molecular weight excluding hydrogens is 322 g/mol. The standard InChI is InChI=1S/C23H25NO2/c25-22(26)18-5-1-3-7-20(18)24-21-8-4-2-6-19(21)23-12-15-9-16(13-23)11-17(10-15)14-23/h1-8,15-17,24H,9-14H2,(H,25,26). The summed E-state index contributed by atoms with van der Waals surface area (Å²) >= 11 is 0. The Morgan fingerprint density at radius 3 is 2.00 bits per heavy atom. The van der Waals surface area contributed by atoms with Crippen LogP contribution >= 0.6 is 0 Å². The molecule has 3 heteroatoms. The second-order valence-electron chi connectivity index (χ2n) is 8.72. The van der Waals surface area contributed by atoms with Crippen molar-refractivity contribution in [3.05, 3.63) is 59.7 Å². The van der Waals surface area contributed by atoms with Gasteiger partial charge in [-0.1, -0.05) is 30.3 Å². The van der Waals surface area contributed by atoms with Crippen LogP contribution in [0.25, 0.3) is 0 Å². The molecule has 2 aromatic carbocycles. The van der Waals surface area contributed by atoms with Gasteiger partial charge in [-0.2, -0.15) is 0 Å². The Morgan fingerprint density at radius 2 is 1.38 bits per heavy atom. The summed E-state index contributed by atoms with van der Waals surface area (Å²) in [4.78, 5) is 11.6. The van der Waals surface area contributed by atoms with Crippen molar-refractivity contribution in [2.24, 2.45) is 17.8 Å². The quantitative estimate of drug-likeness (QED) is 0.757. The normalized spacial score (nSPS) is 31.8. The summed E-state index contributed by atoms with van der Waals surface area (Å²) in [5.41, 5.74) is 3.78. The fraction of sp³-hybridized carbons (Fsp3) is 0.435. The summed E-state index contributed by atoms with van der Waals surface area (Å²) in [5.74, 6) is 1.78. The molecule has 4 saturated carbocycles. The molecule has 0 spiro atoms. The molecule has 4 aliphatic rings. The lowest BCUT2D eigenvalue weighted by Crippen LogP contribution is -2.48. The van der Waals surface area contributed by atoms with Crippen molar-refractivity contribution in [1.29, 1.82) is 0 Å². The Kier molecular flexibility index (Phi) is 3.59. The highest BCUT2D eigenvalue weighted by atomic mass is 16.4.